The lowest BCUT2D eigenvalue weighted by molar-refractivity contribution is -0.384. The van der Waals surface area contributed by atoms with Crippen molar-refractivity contribution in [3.05, 3.63) is 58.7 Å². The molecule has 8 heteroatoms. The van der Waals surface area contributed by atoms with Crippen LogP contribution >= 0.6 is 0 Å². The molecule has 3 aromatic rings. The van der Waals surface area contributed by atoms with Crippen molar-refractivity contribution in [2.45, 2.75) is 0 Å². The number of non-ortho nitro benzene ring substituents is 1. The Labute approximate surface area is 118 Å². The summed E-state index contributed by atoms with van der Waals surface area (Å²) in [6, 6.07) is 7.85. The Hall–Kier alpha value is -3.29. The van der Waals surface area contributed by atoms with E-state index in [-0.39, 0.29) is 11.4 Å². The molecule has 0 aliphatic rings. The number of fused-ring (bicyclic) bond motifs is 1. The molecule has 0 atom stereocenters. The first-order chi connectivity index (χ1) is 10.1. The van der Waals surface area contributed by atoms with E-state index >= 15 is 0 Å². The molecule has 0 saturated heterocycles. The number of rotatable bonds is 3. The van der Waals surface area contributed by atoms with Crippen LogP contribution in [0.1, 0.15) is 10.5 Å². The molecule has 3 rings (SSSR count). The zero-order valence-electron chi connectivity index (χ0n) is 10.6. The van der Waals surface area contributed by atoms with Crippen molar-refractivity contribution in [2.24, 2.45) is 5.73 Å². The van der Waals surface area contributed by atoms with Crippen LogP contribution in [0.5, 0.6) is 0 Å². The Morgan fingerprint density at radius 3 is 2.81 bits per heavy atom. The number of amides is 1. The quantitative estimate of drug-likeness (QED) is 0.576. The number of carbonyl (C=O) groups is 1. The number of imidazole rings is 1. The molecule has 0 bridgehead atoms. The lowest BCUT2D eigenvalue weighted by Crippen LogP contribution is -2.12. The minimum Gasteiger partial charge on any atom is -0.364 e. The molecule has 2 aromatic heterocycles. The van der Waals surface area contributed by atoms with Crippen LogP contribution in [0.3, 0.4) is 0 Å². The molecule has 8 nitrogen and oxygen atoms in total. The van der Waals surface area contributed by atoms with Gasteiger partial charge >= 0.3 is 0 Å². The standard InChI is InChI=1S/C13H9N5O3/c14-12(19)11-13-15-5-4-10(17(13)7-16-11)8-2-1-3-9(6-8)18(20)21/h1-7H,(H2,14,19). The van der Waals surface area contributed by atoms with Crippen LogP contribution in [0, 0.1) is 10.1 Å². The first-order valence-corrected chi connectivity index (χ1v) is 5.94. The number of aromatic nitrogens is 3. The van der Waals surface area contributed by atoms with Gasteiger partial charge in [0.1, 0.15) is 6.33 Å². The molecule has 0 saturated carbocycles. The molecular formula is C13H9N5O3. The normalized spacial score (nSPS) is 10.7. The fourth-order valence-corrected chi connectivity index (χ4v) is 2.09. The number of hydrogen-bond acceptors (Lipinski definition) is 5. The second-order valence-corrected chi connectivity index (χ2v) is 4.29. The second kappa shape index (κ2) is 4.67. The summed E-state index contributed by atoms with van der Waals surface area (Å²) in [5.41, 5.74) is 6.83. The van der Waals surface area contributed by atoms with E-state index in [1.54, 1.807) is 22.6 Å². The highest BCUT2D eigenvalue weighted by Crippen LogP contribution is 2.24. The summed E-state index contributed by atoms with van der Waals surface area (Å²) in [6.07, 6.45) is 2.91. The second-order valence-electron chi connectivity index (χ2n) is 4.29. The Bertz CT molecular complexity index is 871. The number of nitrogens with two attached hydrogens (primary N) is 1. The molecule has 1 amide bonds. The molecular weight excluding hydrogens is 274 g/mol. The highest BCUT2D eigenvalue weighted by atomic mass is 16.6. The average molecular weight is 283 g/mol. The van der Waals surface area contributed by atoms with Crippen molar-refractivity contribution < 1.29 is 9.72 Å². The Morgan fingerprint density at radius 1 is 1.29 bits per heavy atom. The van der Waals surface area contributed by atoms with Crippen LogP contribution in [-0.4, -0.2) is 25.2 Å². The molecule has 2 heterocycles. The molecule has 0 radical (unpaired) electrons. The largest absolute Gasteiger partial charge is 0.364 e. The summed E-state index contributed by atoms with van der Waals surface area (Å²) in [5, 5.41) is 10.9. The topological polar surface area (TPSA) is 116 Å². The van der Waals surface area contributed by atoms with Crippen molar-refractivity contribution in [3.8, 4) is 11.3 Å². The SMILES string of the molecule is NC(=O)c1ncn2c(-c3cccc([N+](=O)[O-])c3)ccnc12. The molecule has 0 spiro atoms. The number of hydrogen-bond donors (Lipinski definition) is 1. The molecule has 0 aliphatic carbocycles. The molecule has 0 unspecified atom stereocenters. The average Bonchev–Trinajstić information content (AvgIpc) is 2.91. The minimum absolute atomic E-state index is 0.0206. The summed E-state index contributed by atoms with van der Waals surface area (Å²) in [5.74, 6) is -0.679. The minimum atomic E-state index is -0.679. The summed E-state index contributed by atoms with van der Waals surface area (Å²) in [6.45, 7) is 0. The predicted octanol–water partition coefficient (Wildman–Crippen LogP) is 1.40. The first kappa shape index (κ1) is 12.7. The van der Waals surface area contributed by atoms with Crippen LogP contribution in [-0.2, 0) is 0 Å². The number of carbonyl (C=O) groups excluding carboxylic acids is 1. The molecule has 0 fully saturated rings. The Morgan fingerprint density at radius 2 is 2.10 bits per heavy atom. The van der Waals surface area contributed by atoms with Gasteiger partial charge < -0.3 is 5.73 Å². The lowest BCUT2D eigenvalue weighted by Gasteiger charge is -2.05. The Balaban J connectivity index is 2.23. The third-order valence-electron chi connectivity index (χ3n) is 3.02. The van der Waals surface area contributed by atoms with Gasteiger partial charge in [0, 0.05) is 23.9 Å². The maximum Gasteiger partial charge on any atom is 0.271 e. The van der Waals surface area contributed by atoms with E-state index in [4.69, 9.17) is 5.73 Å². The van der Waals surface area contributed by atoms with Gasteiger partial charge in [-0.1, -0.05) is 12.1 Å². The number of benzene rings is 1. The van der Waals surface area contributed by atoms with Crippen molar-refractivity contribution in [3.63, 3.8) is 0 Å². The summed E-state index contributed by atoms with van der Waals surface area (Å²) < 4.78 is 1.57. The predicted molar refractivity (Wildman–Crippen MR) is 73.6 cm³/mol. The highest BCUT2D eigenvalue weighted by Gasteiger charge is 2.15. The zero-order chi connectivity index (χ0) is 15.0. The van der Waals surface area contributed by atoms with Crippen LogP contribution in [0.25, 0.3) is 16.9 Å². The van der Waals surface area contributed by atoms with E-state index in [0.29, 0.717) is 16.9 Å². The molecule has 1 aromatic carbocycles. The van der Waals surface area contributed by atoms with E-state index in [9.17, 15) is 14.9 Å². The third kappa shape index (κ3) is 2.08. The van der Waals surface area contributed by atoms with Crippen LogP contribution in [0.4, 0.5) is 5.69 Å². The number of nitro groups is 1. The van der Waals surface area contributed by atoms with Gasteiger partial charge in [0.15, 0.2) is 11.3 Å². The van der Waals surface area contributed by atoms with E-state index in [2.05, 4.69) is 9.97 Å². The monoisotopic (exact) mass is 283 g/mol. The van der Waals surface area contributed by atoms with Crippen molar-refractivity contribution >= 4 is 17.2 Å². The zero-order valence-corrected chi connectivity index (χ0v) is 10.6. The van der Waals surface area contributed by atoms with Gasteiger partial charge in [-0.3, -0.25) is 19.3 Å². The molecule has 21 heavy (non-hydrogen) atoms. The summed E-state index contributed by atoms with van der Waals surface area (Å²) >= 11 is 0. The maximum absolute atomic E-state index is 11.3. The summed E-state index contributed by atoms with van der Waals surface area (Å²) in [4.78, 5) is 29.7. The molecule has 104 valence electrons. The van der Waals surface area contributed by atoms with Crippen molar-refractivity contribution in [1.82, 2.24) is 14.4 Å². The fourth-order valence-electron chi connectivity index (χ4n) is 2.09. The molecule has 2 N–H and O–H groups in total. The van der Waals surface area contributed by atoms with Crippen LogP contribution < -0.4 is 5.73 Å². The fraction of sp³-hybridized carbons (Fsp3) is 0. The number of nitrogens with zero attached hydrogens (tertiary/aromatic N) is 4. The van der Waals surface area contributed by atoms with Gasteiger partial charge in [-0.2, -0.15) is 0 Å². The first-order valence-electron chi connectivity index (χ1n) is 5.94. The Kier molecular flexibility index (Phi) is 2.83. The van der Waals surface area contributed by atoms with Gasteiger partial charge in [0.25, 0.3) is 11.6 Å². The van der Waals surface area contributed by atoms with Crippen molar-refractivity contribution in [1.29, 1.82) is 0 Å². The number of primary amides is 1. The van der Waals surface area contributed by atoms with Gasteiger partial charge in [-0.15, -0.1) is 0 Å². The van der Waals surface area contributed by atoms with E-state index in [0.717, 1.165) is 0 Å². The van der Waals surface area contributed by atoms with Gasteiger partial charge in [-0.05, 0) is 6.07 Å². The number of nitro benzene ring substituents is 1. The highest BCUT2D eigenvalue weighted by molar-refractivity contribution is 5.97. The summed E-state index contributed by atoms with van der Waals surface area (Å²) in [7, 11) is 0. The van der Waals surface area contributed by atoms with Crippen LogP contribution in [0.2, 0.25) is 0 Å². The van der Waals surface area contributed by atoms with Gasteiger partial charge in [-0.25, -0.2) is 9.97 Å². The lowest BCUT2D eigenvalue weighted by atomic mass is 10.1. The van der Waals surface area contributed by atoms with Gasteiger partial charge in [0.2, 0.25) is 0 Å². The smallest absolute Gasteiger partial charge is 0.271 e. The van der Waals surface area contributed by atoms with Crippen LogP contribution in [0.15, 0.2) is 42.9 Å². The molecule has 0 aliphatic heterocycles. The van der Waals surface area contributed by atoms with E-state index in [1.807, 2.05) is 0 Å². The van der Waals surface area contributed by atoms with Crippen molar-refractivity contribution in [2.75, 3.05) is 0 Å². The maximum atomic E-state index is 11.3. The van der Waals surface area contributed by atoms with Gasteiger partial charge in [0.05, 0.1) is 10.6 Å². The third-order valence-corrected chi connectivity index (χ3v) is 3.02. The van der Waals surface area contributed by atoms with E-state index < -0.39 is 10.8 Å². The van der Waals surface area contributed by atoms with E-state index in [1.165, 1.54) is 24.7 Å².